The van der Waals surface area contributed by atoms with Crippen molar-refractivity contribution in [1.82, 2.24) is 0 Å². The number of carbonyl (C=O) groups is 1. The van der Waals surface area contributed by atoms with E-state index in [1.165, 1.54) is 0 Å². The molecule has 1 heterocycles. The van der Waals surface area contributed by atoms with Gasteiger partial charge < -0.3 is 14.4 Å². The molecule has 1 aliphatic heterocycles. The Labute approximate surface area is 114 Å². The average molecular weight is 263 g/mol. The molecule has 4 heteroatoms. The Morgan fingerprint density at radius 2 is 2.11 bits per heavy atom. The number of rotatable bonds is 2. The van der Waals surface area contributed by atoms with Crippen LogP contribution >= 0.6 is 0 Å². The maximum atomic E-state index is 12.3. The number of hydrogen-bond donors (Lipinski definition) is 0. The lowest BCUT2D eigenvalue weighted by molar-refractivity contribution is -0.127. The first-order valence-electron chi connectivity index (χ1n) is 6.63. The number of benzene rings is 1. The first kappa shape index (κ1) is 13.9. The molecule has 1 amide bonds. The lowest BCUT2D eigenvalue weighted by Crippen LogP contribution is -2.37. The van der Waals surface area contributed by atoms with Crippen molar-refractivity contribution in [1.29, 1.82) is 0 Å². The van der Waals surface area contributed by atoms with Crippen molar-refractivity contribution in [2.75, 3.05) is 24.7 Å². The van der Waals surface area contributed by atoms with Gasteiger partial charge in [-0.2, -0.15) is 0 Å². The highest BCUT2D eigenvalue weighted by molar-refractivity contribution is 5.95. The van der Waals surface area contributed by atoms with E-state index in [2.05, 4.69) is 0 Å². The molecule has 1 aromatic rings. The molecule has 0 aromatic heterocycles. The summed E-state index contributed by atoms with van der Waals surface area (Å²) in [5.41, 5.74) is 0.528. The molecule has 0 bridgehead atoms. The average Bonchev–Trinajstić information content (AvgIpc) is 2.57. The maximum absolute atomic E-state index is 12.3. The number of carbonyl (C=O) groups excluding carboxylic acids is 1. The number of para-hydroxylation sites is 2. The van der Waals surface area contributed by atoms with Gasteiger partial charge in [0.2, 0.25) is 0 Å². The molecule has 0 unspecified atom stereocenters. The second-order valence-electron chi connectivity index (χ2n) is 5.62. The number of amides is 1. The molecule has 4 nitrogen and oxygen atoms in total. The minimum absolute atomic E-state index is 0.0205. The molecule has 104 valence electrons. The number of anilines is 1. The summed E-state index contributed by atoms with van der Waals surface area (Å²) in [6.45, 7) is 7.24. The first-order valence-corrected chi connectivity index (χ1v) is 6.63. The SMILES string of the molecule is CC(C)(C)OCC(=O)N1CCCOc2ccccc21. The van der Waals surface area contributed by atoms with Crippen molar-refractivity contribution in [2.24, 2.45) is 0 Å². The summed E-state index contributed by atoms with van der Waals surface area (Å²) in [6, 6.07) is 7.64. The van der Waals surface area contributed by atoms with Gasteiger partial charge in [-0.15, -0.1) is 0 Å². The monoisotopic (exact) mass is 263 g/mol. The van der Waals surface area contributed by atoms with Crippen LogP contribution in [0.3, 0.4) is 0 Å². The van der Waals surface area contributed by atoms with E-state index in [9.17, 15) is 4.79 Å². The Kier molecular flexibility index (Phi) is 4.10. The van der Waals surface area contributed by atoms with Gasteiger partial charge in [0.05, 0.1) is 17.9 Å². The third kappa shape index (κ3) is 3.70. The van der Waals surface area contributed by atoms with E-state index in [1.54, 1.807) is 4.90 Å². The summed E-state index contributed by atoms with van der Waals surface area (Å²) in [6.07, 6.45) is 0.829. The van der Waals surface area contributed by atoms with Crippen LogP contribution in [0.5, 0.6) is 5.75 Å². The zero-order valence-corrected chi connectivity index (χ0v) is 11.8. The number of fused-ring (bicyclic) bond motifs is 1. The lowest BCUT2D eigenvalue weighted by atomic mass is 10.2. The van der Waals surface area contributed by atoms with Crippen LogP contribution in [0.2, 0.25) is 0 Å². The molecule has 0 atom stereocenters. The summed E-state index contributed by atoms with van der Waals surface area (Å²) in [4.78, 5) is 14.1. The molecule has 0 saturated carbocycles. The van der Waals surface area contributed by atoms with Gasteiger partial charge >= 0.3 is 0 Å². The Morgan fingerprint density at radius 3 is 2.84 bits per heavy atom. The highest BCUT2D eigenvalue weighted by Crippen LogP contribution is 2.30. The third-order valence-electron chi connectivity index (χ3n) is 2.87. The van der Waals surface area contributed by atoms with Gasteiger partial charge in [0.1, 0.15) is 12.4 Å². The first-order chi connectivity index (χ1) is 8.97. The standard InChI is InChI=1S/C15H21NO3/c1-15(2,3)19-11-14(17)16-9-6-10-18-13-8-5-4-7-12(13)16/h4-5,7-8H,6,9-11H2,1-3H3. The van der Waals surface area contributed by atoms with E-state index >= 15 is 0 Å². The van der Waals surface area contributed by atoms with Crippen LogP contribution < -0.4 is 9.64 Å². The molecule has 1 aliphatic rings. The van der Waals surface area contributed by atoms with E-state index in [0.29, 0.717) is 13.2 Å². The zero-order valence-electron chi connectivity index (χ0n) is 11.8. The summed E-state index contributed by atoms with van der Waals surface area (Å²) < 4.78 is 11.2. The molecule has 0 fully saturated rings. The number of hydrogen-bond acceptors (Lipinski definition) is 3. The predicted molar refractivity (Wildman–Crippen MR) is 74.6 cm³/mol. The lowest BCUT2D eigenvalue weighted by Gasteiger charge is -2.25. The Bertz CT molecular complexity index is 451. The molecule has 0 aliphatic carbocycles. The predicted octanol–water partition coefficient (Wildman–Crippen LogP) is 2.62. The van der Waals surface area contributed by atoms with Crippen molar-refractivity contribution in [3.8, 4) is 5.75 Å². The molecule has 2 rings (SSSR count). The van der Waals surface area contributed by atoms with Gasteiger partial charge in [-0.3, -0.25) is 4.79 Å². The highest BCUT2D eigenvalue weighted by atomic mass is 16.5. The van der Waals surface area contributed by atoms with E-state index in [-0.39, 0.29) is 18.1 Å². The highest BCUT2D eigenvalue weighted by Gasteiger charge is 2.23. The Balaban J connectivity index is 2.13. The van der Waals surface area contributed by atoms with Crippen molar-refractivity contribution >= 4 is 11.6 Å². The van der Waals surface area contributed by atoms with Gasteiger partial charge in [0, 0.05) is 6.54 Å². The topological polar surface area (TPSA) is 38.8 Å². The van der Waals surface area contributed by atoms with Crippen LogP contribution in [0.15, 0.2) is 24.3 Å². The van der Waals surface area contributed by atoms with Crippen LogP contribution in [0, 0.1) is 0 Å². The summed E-state index contributed by atoms with van der Waals surface area (Å²) in [7, 11) is 0. The largest absolute Gasteiger partial charge is 0.491 e. The Hall–Kier alpha value is -1.55. The fourth-order valence-corrected chi connectivity index (χ4v) is 1.94. The molecule has 0 saturated heterocycles. The molecule has 0 radical (unpaired) electrons. The second kappa shape index (κ2) is 5.61. The summed E-state index contributed by atoms with van der Waals surface area (Å²) in [5.74, 6) is 0.747. The van der Waals surface area contributed by atoms with E-state index in [0.717, 1.165) is 17.9 Å². The van der Waals surface area contributed by atoms with Crippen molar-refractivity contribution < 1.29 is 14.3 Å². The molecule has 0 N–H and O–H groups in total. The third-order valence-corrected chi connectivity index (χ3v) is 2.87. The van der Waals surface area contributed by atoms with Gasteiger partial charge in [-0.05, 0) is 39.3 Å². The smallest absolute Gasteiger partial charge is 0.253 e. The van der Waals surface area contributed by atoms with Crippen LogP contribution in [-0.4, -0.2) is 31.3 Å². The zero-order chi connectivity index (χ0) is 13.9. The van der Waals surface area contributed by atoms with E-state index in [4.69, 9.17) is 9.47 Å². The fourth-order valence-electron chi connectivity index (χ4n) is 1.94. The van der Waals surface area contributed by atoms with Crippen LogP contribution in [-0.2, 0) is 9.53 Å². The van der Waals surface area contributed by atoms with Gasteiger partial charge in [0.25, 0.3) is 5.91 Å². The number of nitrogens with zero attached hydrogens (tertiary/aromatic N) is 1. The van der Waals surface area contributed by atoms with Crippen molar-refractivity contribution in [3.63, 3.8) is 0 Å². The van der Waals surface area contributed by atoms with E-state index < -0.39 is 0 Å². The van der Waals surface area contributed by atoms with Gasteiger partial charge in [-0.25, -0.2) is 0 Å². The minimum Gasteiger partial charge on any atom is -0.491 e. The summed E-state index contributed by atoms with van der Waals surface area (Å²) >= 11 is 0. The maximum Gasteiger partial charge on any atom is 0.253 e. The van der Waals surface area contributed by atoms with E-state index in [1.807, 2.05) is 45.0 Å². The second-order valence-corrected chi connectivity index (χ2v) is 5.62. The summed E-state index contributed by atoms with van der Waals surface area (Å²) in [5, 5.41) is 0. The van der Waals surface area contributed by atoms with Crippen LogP contribution in [0.25, 0.3) is 0 Å². The van der Waals surface area contributed by atoms with Gasteiger partial charge in [-0.1, -0.05) is 12.1 Å². The quantitative estimate of drug-likeness (QED) is 0.823. The molecule has 1 aromatic carbocycles. The number of ether oxygens (including phenoxy) is 2. The van der Waals surface area contributed by atoms with Crippen LogP contribution in [0.4, 0.5) is 5.69 Å². The van der Waals surface area contributed by atoms with Crippen molar-refractivity contribution in [3.05, 3.63) is 24.3 Å². The fraction of sp³-hybridized carbons (Fsp3) is 0.533. The van der Waals surface area contributed by atoms with Crippen molar-refractivity contribution in [2.45, 2.75) is 32.8 Å². The normalized spacial score (nSPS) is 15.4. The minimum atomic E-state index is -0.308. The molecule has 19 heavy (non-hydrogen) atoms. The Morgan fingerprint density at radius 1 is 1.37 bits per heavy atom. The molecular weight excluding hydrogens is 242 g/mol. The van der Waals surface area contributed by atoms with Gasteiger partial charge in [0.15, 0.2) is 0 Å². The van der Waals surface area contributed by atoms with Crippen LogP contribution in [0.1, 0.15) is 27.2 Å². The molecular formula is C15H21NO3. The molecule has 0 spiro atoms.